The molecule has 0 radical (unpaired) electrons. The van der Waals surface area contributed by atoms with Crippen molar-refractivity contribution >= 4 is 34.3 Å². The first-order valence-corrected chi connectivity index (χ1v) is 12.3. The van der Waals surface area contributed by atoms with Gasteiger partial charge in [0.15, 0.2) is 0 Å². The van der Waals surface area contributed by atoms with Gasteiger partial charge >= 0.3 is 0 Å². The molecule has 1 aliphatic carbocycles. The van der Waals surface area contributed by atoms with Gasteiger partial charge in [0.25, 0.3) is 5.91 Å². The summed E-state index contributed by atoms with van der Waals surface area (Å²) in [7, 11) is 0. The first-order chi connectivity index (χ1) is 16.7. The van der Waals surface area contributed by atoms with Gasteiger partial charge in [0.1, 0.15) is 23.1 Å². The summed E-state index contributed by atoms with van der Waals surface area (Å²) in [6, 6.07) is 7.27. The van der Waals surface area contributed by atoms with Crippen LogP contribution in [0.3, 0.4) is 0 Å². The summed E-state index contributed by atoms with van der Waals surface area (Å²) in [6.45, 7) is -0.484. The first kappa shape index (κ1) is 25.4. The number of carbonyl (C=O) groups excluding carboxylic acids is 1. The molecule has 0 saturated heterocycles. The Hall–Kier alpha value is -2.70. The summed E-state index contributed by atoms with van der Waals surface area (Å²) in [6.07, 6.45) is 4.26. The van der Waals surface area contributed by atoms with Crippen molar-refractivity contribution < 1.29 is 23.8 Å². The number of aliphatic hydroxyl groups excluding tert-OH is 2. The van der Waals surface area contributed by atoms with Crippen molar-refractivity contribution in [1.82, 2.24) is 15.3 Å². The number of hydrogen-bond donors (Lipinski definition) is 4. The zero-order chi connectivity index (χ0) is 25.1. The number of nitrogens with two attached hydrogens (primary N) is 1. The number of anilines is 1. The topological polar surface area (TPSA) is 121 Å². The van der Waals surface area contributed by atoms with Crippen molar-refractivity contribution in [3.8, 4) is 11.3 Å². The lowest BCUT2D eigenvalue weighted by molar-refractivity contribution is 0.0912. The average Bonchev–Trinajstić information content (AvgIpc) is 2.82. The van der Waals surface area contributed by atoms with E-state index in [1.807, 2.05) is 22.6 Å². The molecule has 1 aromatic heterocycles. The van der Waals surface area contributed by atoms with E-state index in [1.165, 1.54) is 30.3 Å². The van der Waals surface area contributed by atoms with Crippen molar-refractivity contribution in [1.29, 1.82) is 0 Å². The highest BCUT2D eigenvalue weighted by molar-refractivity contribution is 14.1. The van der Waals surface area contributed by atoms with Gasteiger partial charge in [-0.1, -0.05) is 6.07 Å². The van der Waals surface area contributed by atoms with E-state index in [2.05, 4.69) is 15.3 Å². The van der Waals surface area contributed by atoms with Gasteiger partial charge in [0.05, 0.1) is 36.2 Å². The average molecular weight is 594 g/mol. The molecule has 1 fully saturated rings. The van der Waals surface area contributed by atoms with Crippen LogP contribution in [0.5, 0.6) is 0 Å². The number of nitrogens with zero attached hydrogens (tertiary/aromatic N) is 2. The number of aromatic nitrogens is 2. The SMILES string of the molecule is Nc1ncc([C@H]2CC[C@H](O)CC2)nc1-c1ccc(C(=O)N[C@H](CO)c2cc(F)cc(I)c2)c(F)c1. The molecule has 0 aliphatic heterocycles. The fourth-order valence-corrected chi connectivity index (χ4v) is 4.94. The molecule has 1 amide bonds. The molecule has 3 aromatic rings. The molecule has 4 rings (SSSR count). The maximum absolute atomic E-state index is 15.0. The summed E-state index contributed by atoms with van der Waals surface area (Å²) < 4.78 is 29.4. The zero-order valence-electron chi connectivity index (χ0n) is 18.7. The van der Waals surface area contributed by atoms with Crippen LogP contribution >= 0.6 is 22.6 Å². The Morgan fingerprint density at radius 2 is 1.91 bits per heavy atom. The first-order valence-electron chi connectivity index (χ1n) is 11.2. The molecular weight excluding hydrogens is 569 g/mol. The van der Waals surface area contributed by atoms with Crippen molar-refractivity contribution in [3.05, 3.63) is 74.6 Å². The lowest BCUT2D eigenvalue weighted by Crippen LogP contribution is -2.31. The molecule has 10 heteroatoms. The van der Waals surface area contributed by atoms with Crippen LogP contribution in [-0.2, 0) is 0 Å². The highest BCUT2D eigenvalue weighted by atomic mass is 127. The van der Waals surface area contributed by atoms with E-state index in [0.717, 1.165) is 18.5 Å². The number of halogens is 3. The van der Waals surface area contributed by atoms with Crippen LogP contribution in [0.4, 0.5) is 14.6 Å². The molecule has 5 N–H and O–H groups in total. The van der Waals surface area contributed by atoms with E-state index in [4.69, 9.17) is 5.73 Å². The molecule has 35 heavy (non-hydrogen) atoms. The molecule has 2 aromatic carbocycles. The molecule has 0 spiro atoms. The van der Waals surface area contributed by atoms with Crippen LogP contribution in [0.2, 0.25) is 0 Å². The van der Waals surface area contributed by atoms with E-state index in [-0.39, 0.29) is 23.4 Å². The van der Waals surface area contributed by atoms with Crippen molar-refractivity contribution in [2.75, 3.05) is 12.3 Å². The van der Waals surface area contributed by atoms with Gasteiger partial charge in [0.2, 0.25) is 0 Å². The summed E-state index contributed by atoms with van der Waals surface area (Å²) in [5.41, 5.74) is 7.59. The van der Waals surface area contributed by atoms with Crippen LogP contribution < -0.4 is 11.1 Å². The van der Waals surface area contributed by atoms with Crippen LogP contribution in [-0.4, -0.2) is 38.8 Å². The minimum atomic E-state index is -0.905. The lowest BCUT2D eigenvalue weighted by atomic mass is 9.85. The number of aliphatic hydroxyl groups is 2. The smallest absolute Gasteiger partial charge is 0.254 e. The van der Waals surface area contributed by atoms with Crippen molar-refractivity contribution in [2.45, 2.75) is 43.7 Å². The van der Waals surface area contributed by atoms with Crippen molar-refractivity contribution in [3.63, 3.8) is 0 Å². The van der Waals surface area contributed by atoms with Gasteiger partial charge in [-0.25, -0.2) is 18.7 Å². The number of nitrogen functional groups attached to an aromatic ring is 1. The lowest BCUT2D eigenvalue weighted by Gasteiger charge is -2.25. The molecular formula is C25H25F2IN4O3. The predicted molar refractivity (Wildman–Crippen MR) is 135 cm³/mol. The number of benzene rings is 2. The monoisotopic (exact) mass is 594 g/mol. The second-order valence-corrected chi connectivity index (χ2v) is 9.89. The number of amides is 1. The van der Waals surface area contributed by atoms with Gasteiger partial charge < -0.3 is 21.3 Å². The molecule has 1 atom stereocenters. The van der Waals surface area contributed by atoms with Crippen LogP contribution in [0.25, 0.3) is 11.3 Å². The summed E-state index contributed by atoms with van der Waals surface area (Å²) in [4.78, 5) is 21.6. The Morgan fingerprint density at radius 1 is 1.17 bits per heavy atom. The third kappa shape index (κ3) is 5.93. The molecule has 7 nitrogen and oxygen atoms in total. The molecule has 1 saturated carbocycles. The number of rotatable bonds is 6. The predicted octanol–water partition coefficient (Wildman–Crippen LogP) is 4.09. The number of hydrogen-bond acceptors (Lipinski definition) is 6. The van der Waals surface area contributed by atoms with Gasteiger partial charge in [-0.05, 0) is 84.2 Å². The molecule has 1 heterocycles. The van der Waals surface area contributed by atoms with E-state index >= 15 is 0 Å². The molecule has 184 valence electrons. The van der Waals surface area contributed by atoms with Crippen LogP contribution in [0.1, 0.15) is 59.3 Å². The van der Waals surface area contributed by atoms with Crippen molar-refractivity contribution in [2.24, 2.45) is 0 Å². The Kier molecular flexibility index (Phi) is 7.92. The minimum Gasteiger partial charge on any atom is -0.394 e. The molecule has 0 unspecified atom stereocenters. The fraction of sp³-hybridized carbons (Fsp3) is 0.320. The Balaban J connectivity index is 1.55. The second kappa shape index (κ2) is 10.9. The second-order valence-electron chi connectivity index (χ2n) is 8.64. The number of nitrogens with one attached hydrogen (secondary N) is 1. The van der Waals surface area contributed by atoms with Gasteiger partial charge in [-0.3, -0.25) is 4.79 Å². The highest BCUT2D eigenvalue weighted by Crippen LogP contribution is 2.34. The normalized spacial score (nSPS) is 18.8. The van der Waals surface area contributed by atoms with Crippen LogP contribution in [0.15, 0.2) is 42.6 Å². The maximum atomic E-state index is 15.0. The van der Waals surface area contributed by atoms with E-state index in [0.29, 0.717) is 33.2 Å². The zero-order valence-corrected chi connectivity index (χ0v) is 20.9. The largest absolute Gasteiger partial charge is 0.394 e. The third-order valence-electron chi connectivity index (χ3n) is 6.20. The fourth-order valence-electron chi connectivity index (χ4n) is 4.29. The Morgan fingerprint density at radius 3 is 2.57 bits per heavy atom. The summed E-state index contributed by atoms with van der Waals surface area (Å²) in [5.74, 6) is -1.76. The standard InChI is InChI=1S/C25H25F2IN4O3/c26-16-7-15(8-17(28)10-16)22(12-33)32-25(35)19-6-3-14(9-20(19)27)23-24(29)30-11-21(31-23)13-1-4-18(34)5-2-13/h3,6-11,13,18,22,33-34H,1-2,4-5,12H2,(H2,29,30)(H,32,35)/t13-,18-,22-/m1/s1. The summed E-state index contributed by atoms with van der Waals surface area (Å²) in [5, 5.41) is 22.0. The summed E-state index contributed by atoms with van der Waals surface area (Å²) >= 11 is 1.93. The highest BCUT2D eigenvalue weighted by Gasteiger charge is 2.24. The Labute approximate surface area is 214 Å². The van der Waals surface area contributed by atoms with Crippen LogP contribution in [0, 0.1) is 15.2 Å². The Bertz CT molecular complexity index is 1220. The minimum absolute atomic E-state index is 0.140. The van der Waals surface area contributed by atoms with E-state index in [1.54, 1.807) is 12.3 Å². The molecule has 0 bridgehead atoms. The van der Waals surface area contributed by atoms with Gasteiger partial charge in [0, 0.05) is 15.1 Å². The van der Waals surface area contributed by atoms with Gasteiger partial charge in [-0.15, -0.1) is 0 Å². The van der Waals surface area contributed by atoms with Gasteiger partial charge in [-0.2, -0.15) is 0 Å². The molecule has 1 aliphatic rings. The number of carbonyl (C=O) groups is 1. The maximum Gasteiger partial charge on any atom is 0.254 e. The van der Waals surface area contributed by atoms with E-state index in [9.17, 15) is 23.8 Å². The quantitative estimate of drug-likeness (QED) is 0.319. The third-order valence-corrected chi connectivity index (χ3v) is 6.82. The van der Waals surface area contributed by atoms with E-state index < -0.39 is 30.2 Å².